The lowest BCUT2D eigenvalue weighted by atomic mass is 10.2. The number of benzene rings is 1. The molecule has 0 spiro atoms. The fraction of sp³-hybridized carbons (Fsp3) is 0.312. The summed E-state index contributed by atoms with van der Waals surface area (Å²) in [7, 11) is 4.63. The van der Waals surface area contributed by atoms with Gasteiger partial charge < -0.3 is 14.2 Å². The Labute approximate surface area is 144 Å². The van der Waals surface area contributed by atoms with Crippen molar-refractivity contribution in [2.75, 3.05) is 21.3 Å². The summed E-state index contributed by atoms with van der Waals surface area (Å²) in [6.45, 7) is 1.90. The molecule has 1 N–H and O–H groups in total. The number of carbonyl (C=O) groups is 1. The SMILES string of the molecule is COc1cc(OC)c(C=NNC(=O)Cc2csc(C)n2)c(OC)c1. The van der Waals surface area contributed by atoms with Crippen molar-refractivity contribution < 1.29 is 19.0 Å². The lowest BCUT2D eigenvalue weighted by molar-refractivity contribution is -0.120. The highest BCUT2D eigenvalue weighted by atomic mass is 32.1. The van der Waals surface area contributed by atoms with E-state index in [9.17, 15) is 4.79 Å². The van der Waals surface area contributed by atoms with E-state index < -0.39 is 0 Å². The summed E-state index contributed by atoms with van der Waals surface area (Å²) < 4.78 is 15.8. The van der Waals surface area contributed by atoms with Gasteiger partial charge in [-0.2, -0.15) is 5.10 Å². The van der Waals surface area contributed by atoms with Crippen molar-refractivity contribution in [2.45, 2.75) is 13.3 Å². The lowest BCUT2D eigenvalue weighted by Gasteiger charge is -2.12. The maximum atomic E-state index is 11.9. The fourth-order valence-corrected chi connectivity index (χ4v) is 2.63. The molecule has 0 aliphatic carbocycles. The number of nitrogens with zero attached hydrogens (tertiary/aromatic N) is 2. The Bertz CT molecular complexity index is 718. The number of aromatic nitrogens is 1. The molecule has 7 nitrogen and oxygen atoms in total. The van der Waals surface area contributed by atoms with Crippen LogP contribution in [0.2, 0.25) is 0 Å². The van der Waals surface area contributed by atoms with Gasteiger partial charge in [0.25, 0.3) is 0 Å². The summed E-state index contributed by atoms with van der Waals surface area (Å²) in [5.41, 5.74) is 3.80. The van der Waals surface area contributed by atoms with Gasteiger partial charge in [-0.25, -0.2) is 10.4 Å². The number of nitrogens with one attached hydrogen (secondary N) is 1. The van der Waals surface area contributed by atoms with Gasteiger partial charge in [-0.15, -0.1) is 11.3 Å². The number of ether oxygens (including phenoxy) is 3. The molecule has 0 atom stereocenters. The maximum absolute atomic E-state index is 11.9. The van der Waals surface area contributed by atoms with Crippen LogP contribution in [0.5, 0.6) is 17.2 Å². The summed E-state index contributed by atoms with van der Waals surface area (Å²) >= 11 is 1.51. The van der Waals surface area contributed by atoms with Crippen LogP contribution < -0.4 is 19.6 Å². The average molecular weight is 349 g/mol. The molecule has 1 amide bonds. The molecule has 2 rings (SSSR count). The summed E-state index contributed by atoms with van der Waals surface area (Å²) in [5, 5.41) is 6.75. The second-order valence-electron chi connectivity index (χ2n) is 4.77. The van der Waals surface area contributed by atoms with Gasteiger partial charge in [0.2, 0.25) is 5.91 Å². The Kier molecular flexibility index (Phi) is 6.14. The molecule has 0 fully saturated rings. The van der Waals surface area contributed by atoms with E-state index in [4.69, 9.17) is 14.2 Å². The van der Waals surface area contributed by atoms with Crippen LogP contribution in [-0.2, 0) is 11.2 Å². The molecule has 1 heterocycles. The van der Waals surface area contributed by atoms with Crippen LogP contribution in [0.3, 0.4) is 0 Å². The van der Waals surface area contributed by atoms with Crippen molar-refractivity contribution in [3.05, 3.63) is 33.8 Å². The largest absolute Gasteiger partial charge is 0.496 e. The quantitative estimate of drug-likeness (QED) is 0.612. The number of methoxy groups -OCH3 is 3. The smallest absolute Gasteiger partial charge is 0.246 e. The minimum atomic E-state index is -0.247. The van der Waals surface area contributed by atoms with Crippen molar-refractivity contribution >= 4 is 23.5 Å². The summed E-state index contributed by atoms with van der Waals surface area (Å²) in [4.78, 5) is 16.1. The van der Waals surface area contributed by atoms with Gasteiger partial charge in [-0.1, -0.05) is 0 Å². The molecule has 0 radical (unpaired) electrons. The van der Waals surface area contributed by atoms with Crippen molar-refractivity contribution in [2.24, 2.45) is 5.10 Å². The first kappa shape index (κ1) is 17.7. The van der Waals surface area contributed by atoms with Crippen LogP contribution in [0.1, 0.15) is 16.3 Å². The molecule has 0 aliphatic rings. The van der Waals surface area contributed by atoms with Gasteiger partial charge >= 0.3 is 0 Å². The highest BCUT2D eigenvalue weighted by Gasteiger charge is 2.12. The van der Waals surface area contributed by atoms with Crippen LogP contribution in [0.15, 0.2) is 22.6 Å². The van der Waals surface area contributed by atoms with Gasteiger partial charge in [-0.05, 0) is 6.92 Å². The van der Waals surface area contributed by atoms with Gasteiger partial charge in [0.05, 0.1) is 50.2 Å². The molecular weight excluding hydrogens is 330 g/mol. The van der Waals surface area contributed by atoms with Gasteiger partial charge in [0.1, 0.15) is 17.2 Å². The van der Waals surface area contributed by atoms with Crippen LogP contribution in [0, 0.1) is 6.92 Å². The number of hydrazone groups is 1. The third-order valence-electron chi connectivity index (χ3n) is 3.14. The molecule has 0 aliphatic heterocycles. The van der Waals surface area contributed by atoms with Crippen LogP contribution in [0.25, 0.3) is 0 Å². The molecule has 2 aromatic rings. The normalized spacial score (nSPS) is 10.7. The van der Waals surface area contributed by atoms with Gasteiger partial charge in [0.15, 0.2) is 0 Å². The topological polar surface area (TPSA) is 82.0 Å². The fourth-order valence-electron chi connectivity index (χ4n) is 2.02. The number of carbonyl (C=O) groups excluding carboxylic acids is 1. The van der Waals surface area contributed by atoms with E-state index in [1.54, 1.807) is 19.2 Å². The summed E-state index contributed by atoms with van der Waals surface area (Å²) in [6.07, 6.45) is 1.65. The zero-order chi connectivity index (χ0) is 17.5. The van der Waals surface area contributed by atoms with Crippen LogP contribution in [0.4, 0.5) is 0 Å². The number of rotatable bonds is 7. The highest BCUT2D eigenvalue weighted by molar-refractivity contribution is 7.09. The predicted molar refractivity (Wildman–Crippen MR) is 92.4 cm³/mol. The number of thiazole rings is 1. The third kappa shape index (κ3) is 4.45. The molecule has 8 heteroatoms. The Balaban J connectivity index is 2.09. The molecule has 128 valence electrons. The number of amides is 1. The minimum absolute atomic E-state index is 0.179. The van der Waals surface area contributed by atoms with Gasteiger partial charge in [0, 0.05) is 17.5 Å². The first-order chi connectivity index (χ1) is 11.6. The van der Waals surface area contributed by atoms with Crippen molar-refractivity contribution in [1.29, 1.82) is 0 Å². The molecule has 24 heavy (non-hydrogen) atoms. The van der Waals surface area contributed by atoms with E-state index in [1.807, 2.05) is 12.3 Å². The monoisotopic (exact) mass is 349 g/mol. The first-order valence-electron chi connectivity index (χ1n) is 7.10. The maximum Gasteiger partial charge on any atom is 0.246 e. The minimum Gasteiger partial charge on any atom is -0.496 e. The highest BCUT2D eigenvalue weighted by Crippen LogP contribution is 2.32. The molecule has 0 saturated carbocycles. The second-order valence-corrected chi connectivity index (χ2v) is 5.84. The van der Waals surface area contributed by atoms with Gasteiger partial charge in [-0.3, -0.25) is 4.79 Å². The van der Waals surface area contributed by atoms with Crippen LogP contribution >= 0.6 is 11.3 Å². The molecule has 1 aromatic carbocycles. The Morgan fingerprint density at radius 3 is 2.42 bits per heavy atom. The van der Waals surface area contributed by atoms with E-state index >= 15 is 0 Å². The first-order valence-corrected chi connectivity index (χ1v) is 7.98. The number of aryl methyl sites for hydroxylation is 1. The van der Waals surface area contributed by atoms with E-state index in [0.29, 0.717) is 22.8 Å². The van der Waals surface area contributed by atoms with Crippen molar-refractivity contribution in [3.8, 4) is 17.2 Å². The molecular formula is C16H19N3O4S. The van der Waals surface area contributed by atoms with E-state index in [2.05, 4.69) is 15.5 Å². The Morgan fingerprint density at radius 2 is 1.92 bits per heavy atom. The zero-order valence-electron chi connectivity index (χ0n) is 14.0. The summed E-state index contributed by atoms with van der Waals surface area (Å²) in [5.74, 6) is 1.41. The van der Waals surface area contributed by atoms with E-state index in [-0.39, 0.29) is 12.3 Å². The van der Waals surface area contributed by atoms with Crippen molar-refractivity contribution in [3.63, 3.8) is 0 Å². The molecule has 0 bridgehead atoms. The number of hydrogen-bond acceptors (Lipinski definition) is 7. The average Bonchev–Trinajstić information content (AvgIpc) is 2.99. The molecule has 1 aromatic heterocycles. The van der Waals surface area contributed by atoms with Crippen LogP contribution in [-0.4, -0.2) is 38.4 Å². The predicted octanol–water partition coefficient (Wildman–Crippen LogP) is 2.17. The number of hydrogen-bond donors (Lipinski definition) is 1. The third-order valence-corrected chi connectivity index (χ3v) is 3.97. The lowest BCUT2D eigenvalue weighted by Crippen LogP contribution is -2.20. The molecule has 0 unspecified atom stereocenters. The Morgan fingerprint density at radius 1 is 1.25 bits per heavy atom. The zero-order valence-corrected chi connectivity index (χ0v) is 14.8. The van der Waals surface area contributed by atoms with Crippen molar-refractivity contribution in [1.82, 2.24) is 10.4 Å². The second kappa shape index (κ2) is 8.30. The Hall–Kier alpha value is -2.61. The molecule has 0 saturated heterocycles. The van der Waals surface area contributed by atoms with E-state index in [1.165, 1.54) is 31.8 Å². The van der Waals surface area contributed by atoms with E-state index in [0.717, 1.165) is 10.7 Å². The standard InChI is InChI=1S/C16H19N3O4S/c1-10-18-11(9-24-10)5-16(20)19-17-8-13-14(22-3)6-12(21-2)7-15(13)23-4/h6-9H,5H2,1-4H3,(H,19,20). The summed E-state index contributed by atoms with van der Waals surface area (Å²) in [6, 6.07) is 3.42.